The molecule has 1 aromatic carbocycles. The van der Waals surface area contributed by atoms with Gasteiger partial charge in [-0.1, -0.05) is 19.1 Å². The van der Waals surface area contributed by atoms with Gasteiger partial charge in [-0.2, -0.15) is 0 Å². The summed E-state index contributed by atoms with van der Waals surface area (Å²) in [5.74, 6) is 1.51. The number of methoxy groups -OCH3 is 1. The number of amides is 2. The second-order valence-electron chi connectivity index (χ2n) is 8.59. The molecule has 2 aliphatic heterocycles. The first-order chi connectivity index (χ1) is 14.9. The normalized spacial score (nSPS) is 20.6. The Labute approximate surface area is 195 Å². The number of hydrogen-bond donors (Lipinski definition) is 1. The number of carbonyl (C=O) groups excluding carboxylic acids is 2. The van der Waals surface area contributed by atoms with Gasteiger partial charge in [-0.25, -0.2) is 4.98 Å². The van der Waals surface area contributed by atoms with Crippen molar-refractivity contribution in [2.24, 2.45) is 5.92 Å². The highest BCUT2D eigenvalue weighted by Gasteiger charge is 2.34. The Bertz CT molecular complexity index is 1000. The average Bonchev–Trinajstić information content (AvgIpc) is 3.11. The lowest BCUT2D eigenvalue weighted by atomic mass is 9.89. The van der Waals surface area contributed by atoms with Crippen molar-refractivity contribution in [3.8, 4) is 5.75 Å². The Kier molecular flexibility index (Phi) is 7.29. The minimum Gasteiger partial charge on any atom is -0.496 e. The van der Waals surface area contributed by atoms with Crippen molar-refractivity contribution in [3.05, 3.63) is 52.7 Å². The van der Waals surface area contributed by atoms with Gasteiger partial charge in [0.15, 0.2) is 0 Å². The topological polar surface area (TPSA) is 74.8 Å². The summed E-state index contributed by atoms with van der Waals surface area (Å²) in [6.45, 7) is 9.57. The van der Waals surface area contributed by atoms with Crippen molar-refractivity contribution in [1.29, 1.82) is 0 Å². The molecule has 8 heteroatoms. The number of ether oxygens (including phenoxy) is 1. The monoisotopic (exact) mass is 458 g/mol. The highest BCUT2D eigenvalue weighted by molar-refractivity contribution is 5.97. The van der Waals surface area contributed by atoms with E-state index < -0.39 is 0 Å². The number of rotatable bonds is 4. The van der Waals surface area contributed by atoms with Crippen LogP contribution < -0.4 is 15.0 Å². The molecule has 2 aliphatic rings. The van der Waals surface area contributed by atoms with Crippen LogP contribution in [0, 0.1) is 19.8 Å². The molecule has 0 saturated carbocycles. The van der Waals surface area contributed by atoms with Crippen LogP contribution in [0.2, 0.25) is 0 Å². The van der Waals surface area contributed by atoms with Gasteiger partial charge >= 0.3 is 0 Å². The number of halogens is 1. The molecule has 1 unspecified atom stereocenters. The molecule has 0 radical (unpaired) electrons. The lowest BCUT2D eigenvalue weighted by Gasteiger charge is -2.36. The number of piperazine rings is 1. The average molecular weight is 459 g/mol. The van der Waals surface area contributed by atoms with Gasteiger partial charge in [0.1, 0.15) is 11.6 Å². The van der Waals surface area contributed by atoms with E-state index in [9.17, 15) is 9.59 Å². The summed E-state index contributed by atoms with van der Waals surface area (Å²) in [5, 5.41) is 2.90. The van der Waals surface area contributed by atoms with Gasteiger partial charge in [-0.15, -0.1) is 12.4 Å². The predicted molar refractivity (Wildman–Crippen MR) is 127 cm³/mol. The summed E-state index contributed by atoms with van der Waals surface area (Å²) in [5.41, 5.74) is 3.73. The van der Waals surface area contributed by atoms with Crippen molar-refractivity contribution in [2.45, 2.75) is 26.7 Å². The van der Waals surface area contributed by atoms with E-state index in [-0.39, 0.29) is 36.1 Å². The number of nitrogens with one attached hydrogen (secondary N) is 1. The number of aromatic nitrogens is 1. The molecule has 2 atom stereocenters. The van der Waals surface area contributed by atoms with E-state index in [1.54, 1.807) is 13.2 Å². The van der Waals surface area contributed by atoms with E-state index in [1.165, 1.54) is 0 Å². The second kappa shape index (κ2) is 9.77. The van der Waals surface area contributed by atoms with Crippen molar-refractivity contribution in [1.82, 2.24) is 15.2 Å². The molecule has 0 bridgehead atoms. The minimum absolute atomic E-state index is 0. The van der Waals surface area contributed by atoms with Crippen LogP contribution in [0.3, 0.4) is 0 Å². The van der Waals surface area contributed by atoms with Gasteiger partial charge in [-0.3, -0.25) is 9.59 Å². The van der Waals surface area contributed by atoms with Crippen LogP contribution in [-0.2, 0) is 4.79 Å². The molecule has 2 saturated heterocycles. The third-order valence-corrected chi connectivity index (χ3v) is 6.32. The molecule has 0 spiro atoms. The first kappa shape index (κ1) is 23.9. The molecule has 172 valence electrons. The standard InChI is InChI=1S/C24H30N4O3.ClH/c1-15-11-16(2)22(25-13-15)27-7-9-28(10-8-27)24(30)19-6-5-18(12-20(19)31-4)21-17(3)14-26-23(21)29;/h5-6,11-13,17,21H,7-10,14H2,1-4H3,(H,26,29);1H/t17?,21-;/m1./s1. The zero-order chi connectivity index (χ0) is 22.1. The largest absolute Gasteiger partial charge is 0.496 e. The molecule has 2 amide bonds. The quantitative estimate of drug-likeness (QED) is 0.762. The summed E-state index contributed by atoms with van der Waals surface area (Å²) < 4.78 is 5.55. The minimum atomic E-state index is -0.202. The van der Waals surface area contributed by atoms with Gasteiger partial charge in [0.25, 0.3) is 5.91 Å². The summed E-state index contributed by atoms with van der Waals surface area (Å²) in [7, 11) is 1.57. The lowest BCUT2D eigenvalue weighted by molar-refractivity contribution is -0.120. The van der Waals surface area contributed by atoms with Crippen LogP contribution in [0.15, 0.2) is 30.5 Å². The highest BCUT2D eigenvalue weighted by atomic mass is 35.5. The molecule has 0 aliphatic carbocycles. The fourth-order valence-electron chi connectivity index (χ4n) is 4.64. The van der Waals surface area contributed by atoms with Gasteiger partial charge in [0.2, 0.25) is 5.91 Å². The molecule has 2 fully saturated rings. The fraction of sp³-hybridized carbons (Fsp3) is 0.458. The molecular weight excluding hydrogens is 428 g/mol. The van der Waals surface area contributed by atoms with Crippen LogP contribution in [0.4, 0.5) is 5.82 Å². The van der Waals surface area contributed by atoms with Crippen molar-refractivity contribution in [3.63, 3.8) is 0 Å². The summed E-state index contributed by atoms with van der Waals surface area (Å²) in [4.78, 5) is 34.1. The summed E-state index contributed by atoms with van der Waals surface area (Å²) in [6.07, 6.45) is 1.89. The molecule has 2 aromatic rings. The van der Waals surface area contributed by atoms with E-state index in [0.29, 0.717) is 30.9 Å². The van der Waals surface area contributed by atoms with Crippen LogP contribution >= 0.6 is 12.4 Å². The lowest BCUT2D eigenvalue weighted by Crippen LogP contribution is -2.49. The van der Waals surface area contributed by atoms with Crippen LogP contribution in [-0.4, -0.2) is 61.5 Å². The first-order valence-electron chi connectivity index (χ1n) is 10.8. The third-order valence-electron chi connectivity index (χ3n) is 6.32. The molecular formula is C24H31ClN4O3. The SMILES string of the molecule is COc1cc([C@@H]2C(=O)NCC2C)ccc1C(=O)N1CCN(c2ncc(C)cc2C)CC1.Cl. The number of pyridine rings is 1. The maximum atomic E-state index is 13.2. The molecule has 7 nitrogen and oxygen atoms in total. The Morgan fingerprint density at radius 2 is 1.88 bits per heavy atom. The number of carbonyl (C=O) groups is 2. The maximum absolute atomic E-state index is 13.2. The summed E-state index contributed by atoms with van der Waals surface area (Å²) in [6, 6.07) is 7.66. The second-order valence-corrected chi connectivity index (χ2v) is 8.59. The smallest absolute Gasteiger partial charge is 0.257 e. The van der Waals surface area contributed by atoms with E-state index in [0.717, 1.165) is 35.6 Å². The Morgan fingerprint density at radius 3 is 2.47 bits per heavy atom. The maximum Gasteiger partial charge on any atom is 0.257 e. The Hall–Kier alpha value is -2.80. The molecule has 3 heterocycles. The number of anilines is 1. The molecule has 1 N–H and O–H groups in total. The number of aryl methyl sites for hydroxylation is 2. The summed E-state index contributed by atoms with van der Waals surface area (Å²) >= 11 is 0. The first-order valence-corrected chi connectivity index (χ1v) is 10.8. The zero-order valence-electron chi connectivity index (χ0n) is 19.1. The zero-order valence-corrected chi connectivity index (χ0v) is 19.9. The van der Waals surface area contributed by atoms with Crippen LogP contribution in [0.5, 0.6) is 5.75 Å². The van der Waals surface area contributed by atoms with Gasteiger partial charge < -0.3 is 19.9 Å². The highest BCUT2D eigenvalue weighted by Crippen LogP contribution is 2.33. The third kappa shape index (κ3) is 4.53. The van der Waals surface area contributed by atoms with Crippen molar-refractivity contribution < 1.29 is 14.3 Å². The predicted octanol–water partition coefficient (Wildman–Crippen LogP) is 2.94. The number of hydrogen-bond acceptors (Lipinski definition) is 5. The molecule has 32 heavy (non-hydrogen) atoms. The van der Waals surface area contributed by atoms with Crippen molar-refractivity contribution >= 4 is 30.0 Å². The number of nitrogens with zero attached hydrogens (tertiary/aromatic N) is 3. The Morgan fingerprint density at radius 1 is 1.16 bits per heavy atom. The van der Waals surface area contributed by atoms with Crippen LogP contribution in [0.25, 0.3) is 0 Å². The van der Waals surface area contributed by atoms with Crippen molar-refractivity contribution in [2.75, 3.05) is 44.7 Å². The Balaban J connectivity index is 0.00000289. The molecule has 1 aromatic heterocycles. The van der Waals surface area contributed by atoms with Gasteiger partial charge in [0.05, 0.1) is 18.6 Å². The fourth-order valence-corrected chi connectivity index (χ4v) is 4.64. The van der Waals surface area contributed by atoms with E-state index in [1.807, 2.05) is 30.2 Å². The van der Waals surface area contributed by atoms with Gasteiger partial charge in [0, 0.05) is 38.9 Å². The molecule has 4 rings (SSSR count). The van der Waals surface area contributed by atoms with E-state index in [4.69, 9.17) is 4.74 Å². The van der Waals surface area contributed by atoms with Gasteiger partial charge in [-0.05, 0) is 48.6 Å². The van der Waals surface area contributed by atoms with E-state index in [2.05, 4.69) is 35.1 Å². The van der Waals surface area contributed by atoms with Crippen LogP contribution in [0.1, 0.15) is 39.9 Å². The van der Waals surface area contributed by atoms with E-state index >= 15 is 0 Å². The number of benzene rings is 1.